The van der Waals surface area contributed by atoms with Crippen LogP contribution in [0.2, 0.25) is 0 Å². The van der Waals surface area contributed by atoms with Gasteiger partial charge in [0.05, 0.1) is 12.2 Å². The van der Waals surface area contributed by atoms with Crippen molar-refractivity contribution in [1.29, 1.82) is 0 Å². The van der Waals surface area contributed by atoms with Gasteiger partial charge in [0.25, 0.3) is 0 Å². The fourth-order valence-corrected chi connectivity index (χ4v) is 2.20. The molecule has 0 saturated heterocycles. The van der Waals surface area contributed by atoms with Crippen LogP contribution in [0.5, 0.6) is 0 Å². The van der Waals surface area contributed by atoms with E-state index in [4.69, 9.17) is 0 Å². The predicted octanol–water partition coefficient (Wildman–Crippen LogP) is 3.86. The largest absolute Gasteiger partial charge is 0.245 e. The van der Waals surface area contributed by atoms with Crippen LogP contribution < -0.4 is 0 Å². The monoisotopic (exact) mass is 263 g/mol. The third kappa shape index (κ3) is 2.48. The van der Waals surface area contributed by atoms with E-state index in [0.717, 1.165) is 11.3 Å². The number of aromatic nitrogens is 3. The molecular formula is C17H17N3. The van der Waals surface area contributed by atoms with Gasteiger partial charge in [0.2, 0.25) is 0 Å². The lowest BCUT2D eigenvalue weighted by molar-refractivity contribution is 0.543. The van der Waals surface area contributed by atoms with Crippen molar-refractivity contribution in [2.75, 3.05) is 0 Å². The second-order valence-electron chi connectivity index (χ2n) is 5.04. The van der Waals surface area contributed by atoms with E-state index in [2.05, 4.69) is 48.4 Å². The maximum Gasteiger partial charge on any atom is 0.113 e. The first-order valence-corrected chi connectivity index (χ1v) is 6.78. The van der Waals surface area contributed by atoms with Crippen LogP contribution in [0.4, 0.5) is 0 Å². The van der Waals surface area contributed by atoms with Gasteiger partial charge in [0.15, 0.2) is 0 Å². The van der Waals surface area contributed by atoms with Gasteiger partial charge in [-0.25, -0.2) is 4.68 Å². The number of hydrogen-bond donors (Lipinski definition) is 0. The van der Waals surface area contributed by atoms with Crippen molar-refractivity contribution in [3.05, 3.63) is 71.9 Å². The molecule has 1 unspecified atom stereocenters. The summed E-state index contributed by atoms with van der Waals surface area (Å²) in [6, 6.07) is 18.8. The smallest absolute Gasteiger partial charge is 0.113 e. The Hall–Kier alpha value is -2.42. The third-order valence-corrected chi connectivity index (χ3v) is 3.54. The van der Waals surface area contributed by atoms with Crippen LogP contribution in [0.3, 0.4) is 0 Å². The van der Waals surface area contributed by atoms with Crippen molar-refractivity contribution in [1.82, 2.24) is 15.0 Å². The average Bonchev–Trinajstić information content (AvgIpc) is 2.98. The maximum absolute atomic E-state index is 4.26. The molecule has 3 rings (SSSR count). The number of nitrogens with zero attached hydrogens (tertiary/aromatic N) is 3. The molecule has 0 aliphatic carbocycles. The standard InChI is InChI=1S/C17H17N3/c1-13-8-10-15(11-9-13)14(2)20-12-17(18-19-20)16-6-4-3-5-7-16/h3-12,14H,1-2H3. The van der Waals surface area contributed by atoms with Gasteiger partial charge in [-0.2, -0.15) is 0 Å². The summed E-state index contributed by atoms with van der Waals surface area (Å²) in [4.78, 5) is 0. The summed E-state index contributed by atoms with van der Waals surface area (Å²) in [5, 5.41) is 8.52. The van der Waals surface area contributed by atoms with Crippen molar-refractivity contribution in [3.63, 3.8) is 0 Å². The molecule has 0 saturated carbocycles. The molecule has 3 nitrogen and oxygen atoms in total. The second kappa shape index (κ2) is 5.29. The van der Waals surface area contributed by atoms with Crippen LogP contribution in [0.1, 0.15) is 24.1 Å². The van der Waals surface area contributed by atoms with E-state index in [1.54, 1.807) is 0 Å². The minimum atomic E-state index is 0.181. The highest BCUT2D eigenvalue weighted by molar-refractivity contribution is 5.57. The first-order valence-electron chi connectivity index (χ1n) is 6.78. The van der Waals surface area contributed by atoms with Crippen molar-refractivity contribution < 1.29 is 0 Å². The first-order chi connectivity index (χ1) is 9.74. The Balaban J connectivity index is 1.88. The van der Waals surface area contributed by atoms with E-state index in [0.29, 0.717) is 0 Å². The summed E-state index contributed by atoms with van der Waals surface area (Å²) in [7, 11) is 0. The molecule has 0 fully saturated rings. The summed E-state index contributed by atoms with van der Waals surface area (Å²) < 4.78 is 1.91. The van der Waals surface area contributed by atoms with Gasteiger partial charge < -0.3 is 0 Å². The molecular weight excluding hydrogens is 246 g/mol. The zero-order valence-electron chi connectivity index (χ0n) is 11.7. The fraction of sp³-hybridized carbons (Fsp3) is 0.176. The van der Waals surface area contributed by atoms with E-state index in [1.165, 1.54) is 11.1 Å². The molecule has 3 aromatic rings. The van der Waals surface area contributed by atoms with Crippen molar-refractivity contribution in [2.24, 2.45) is 0 Å². The normalized spacial score (nSPS) is 12.3. The van der Waals surface area contributed by atoms with Gasteiger partial charge in [-0.1, -0.05) is 65.4 Å². The first kappa shape index (κ1) is 12.6. The zero-order valence-corrected chi connectivity index (χ0v) is 11.7. The molecule has 1 atom stereocenters. The van der Waals surface area contributed by atoms with Crippen molar-refractivity contribution in [3.8, 4) is 11.3 Å². The predicted molar refractivity (Wildman–Crippen MR) is 80.5 cm³/mol. The van der Waals surface area contributed by atoms with Crippen LogP contribution >= 0.6 is 0 Å². The Morgan fingerprint density at radius 3 is 2.35 bits per heavy atom. The highest BCUT2D eigenvalue weighted by atomic mass is 15.4. The van der Waals surface area contributed by atoms with E-state index < -0.39 is 0 Å². The molecule has 0 N–H and O–H groups in total. The molecule has 2 aromatic carbocycles. The lowest BCUT2D eigenvalue weighted by Crippen LogP contribution is -2.07. The molecule has 0 spiro atoms. The fourth-order valence-electron chi connectivity index (χ4n) is 2.20. The summed E-state index contributed by atoms with van der Waals surface area (Å²) in [6.07, 6.45) is 2.00. The number of rotatable bonds is 3. The number of aryl methyl sites for hydroxylation is 1. The summed E-state index contributed by atoms with van der Waals surface area (Å²) in [5.41, 5.74) is 4.50. The highest BCUT2D eigenvalue weighted by Gasteiger charge is 2.11. The molecule has 1 heterocycles. The lowest BCUT2D eigenvalue weighted by atomic mass is 10.1. The summed E-state index contributed by atoms with van der Waals surface area (Å²) in [5.74, 6) is 0. The van der Waals surface area contributed by atoms with Gasteiger partial charge >= 0.3 is 0 Å². The topological polar surface area (TPSA) is 30.7 Å². The van der Waals surface area contributed by atoms with E-state index in [9.17, 15) is 0 Å². The number of hydrogen-bond acceptors (Lipinski definition) is 2. The van der Waals surface area contributed by atoms with Crippen molar-refractivity contribution >= 4 is 0 Å². The molecule has 0 bridgehead atoms. The maximum atomic E-state index is 4.26. The summed E-state index contributed by atoms with van der Waals surface area (Å²) in [6.45, 7) is 4.23. The van der Waals surface area contributed by atoms with Crippen LogP contribution in [-0.2, 0) is 0 Å². The molecule has 100 valence electrons. The van der Waals surface area contributed by atoms with Gasteiger partial charge in [-0.15, -0.1) is 5.10 Å². The Morgan fingerprint density at radius 2 is 1.65 bits per heavy atom. The van der Waals surface area contributed by atoms with Crippen LogP contribution in [0.25, 0.3) is 11.3 Å². The summed E-state index contributed by atoms with van der Waals surface area (Å²) >= 11 is 0. The molecule has 0 aliphatic rings. The quantitative estimate of drug-likeness (QED) is 0.718. The Bertz CT molecular complexity index is 684. The number of benzene rings is 2. The lowest BCUT2D eigenvalue weighted by Gasteiger charge is -2.11. The van der Waals surface area contributed by atoms with E-state index >= 15 is 0 Å². The zero-order chi connectivity index (χ0) is 13.9. The molecule has 0 radical (unpaired) electrons. The second-order valence-corrected chi connectivity index (χ2v) is 5.04. The van der Waals surface area contributed by atoms with Crippen LogP contribution in [-0.4, -0.2) is 15.0 Å². The minimum absolute atomic E-state index is 0.181. The SMILES string of the molecule is Cc1ccc(C(C)n2cc(-c3ccccc3)nn2)cc1. The van der Waals surface area contributed by atoms with E-state index in [1.807, 2.05) is 41.2 Å². The molecule has 0 amide bonds. The van der Waals surface area contributed by atoms with Crippen LogP contribution in [0, 0.1) is 6.92 Å². The van der Waals surface area contributed by atoms with E-state index in [-0.39, 0.29) is 6.04 Å². The van der Waals surface area contributed by atoms with Crippen molar-refractivity contribution in [2.45, 2.75) is 19.9 Å². The molecule has 1 aromatic heterocycles. The average molecular weight is 263 g/mol. The Kier molecular flexibility index (Phi) is 3.33. The third-order valence-electron chi connectivity index (χ3n) is 3.54. The Labute approximate surface area is 118 Å². The van der Waals surface area contributed by atoms with Gasteiger partial charge in [-0.05, 0) is 19.4 Å². The minimum Gasteiger partial charge on any atom is -0.245 e. The highest BCUT2D eigenvalue weighted by Crippen LogP contribution is 2.21. The Morgan fingerprint density at radius 1 is 0.950 bits per heavy atom. The molecule has 20 heavy (non-hydrogen) atoms. The van der Waals surface area contributed by atoms with Gasteiger partial charge in [0.1, 0.15) is 5.69 Å². The van der Waals surface area contributed by atoms with Gasteiger partial charge in [0, 0.05) is 5.56 Å². The molecule has 0 aliphatic heterocycles. The molecule has 3 heteroatoms. The van der Waals surface area contributed by atoms with Gasteiger partial charge in [-0.3, -0.25) is 0 Å². The van der Waals surface area contributed by atoms with Crippen LogP contribution in [0.15, 0.2) is 60.8 Å².